The Hall–Kier alpha value is -1.74. The Kier molecular flexibility index (Phi) is 4.36. The molecule has 0 spiro atoms. The smallest absolute Gasteiger partial charge is 0.252 e. The molecule has 1 fully saturated rings. The van der Waals surface area contributed by atoms with Gasteiger partial charge in [0.05, 0.1) is 11.9 Å². The summed E-state index contributed by atoms with van der Waals surface area (Å²) in [5.74, 6) is 0. The number of piperazine rings is 1. The molecular weight excluding hydrogens is 356 g/mol. The fourth-order valence-corrected chi connectivity index (χ4v) is 6.00. The molecule has 4 heterocycles. The Morgan fingerprint density at radius 2 is 1.92 bits per heavy atom. The Bertz CT molecular complexity index is 985. The number of hydrogen-bond donors (Lipinski definition) is 0. The third kappa shape index (κ3) is 3.22. The highest BCUT2D eigenvalue weighted by Gasteiger charge is 2.29. The van der Waals surface area contributed by atoms with Crippen molar-refractivity contribution in [2.75, 3.05) is 26.2 Å². The second-order valence-electron chi connectivity index (χ2n) is 6.22. The molecule has 4 rings (SSSR count). The molecule has 1 aliphatic rings. The van der Waals surface area contributed by atoms with E-state index in [2.05, 4.69) is 14.3 Å². The lowest BCUT2D eigenvalue weighted by atomic mass is 10.3. The quantitative estimate of drug-likeness (QED) is 0.701. The number of aromatic nitrogens is 2. The Morgan fingerprint density at radius 1 is 1.12 bits per heavy atom. The van der Waals surface area contributed by atoms with Gasteiger partial charge in [-0.2, -0.15) is 4.31 Å². The molecule has 0 bridgehead atoms. The van der Waals surface area contributed by atoms with E-state index in [0.29, 0.717) is 17.3 Å². The SMILES string of the molecule is Cc1ccc(S(=O)(=O)N2CCN(Cc3cnc4ccccn34)CC2)s1. The van der Waals surface area contributed by atoms with E-state index in [1.54, 1.807) is 10.4 Å². The van der Waals surface area contributed by atoms with Gasteiger partial charge in [-0.3, -0.25) is 4.90 Å². The number of nitrogens with zero attached hydrogens (tertiary/aromatic N) is 4. The molecule has 0 amide bonds. The molecule has 1 saturated heterocycles. The topological polar surface area (TPSA) is 57.9 Å². The minimum absolute atomic E-state index is 0.445. The maximum absolute atomic E-state index is 12.7. The molecule has 0 atom stereocenters. The molecule has 132 valence electrons. The maximum atomic E-state index is 12.7. The Balaban J connectivity index is 1.43. The minimum atomic E-state index is -3.35. The van der Waals surface area contributed by atoms with Gasteiger partial charge in [0.15, 0.2) is 0 Å². The van der Waals surface area contributed by atoms with E-state index < -0.39 is 10.0 Å². The first kappa shape index (κ1) is 16.7. The van der Waals surface area contributed by atoms with Gasteiger partial charge in [0, 0.05) is 43.8 Å². The van der Waals surface area contributed by atoms with Gasteiger partial charge in [-0.1, -0.05) is 6.07 Å². The van der Waals surface area contributed by atoms with E-state index in [1.807, 2.05) is 43.6 Å². The van der Waals surface area contributed by atoms with Crippen LogP contribution in [-0.4, -0.2) is 53.2 Å². The molecule has 0 saturated carbocycles. The van der Waals surface area contributed by atoms with Crippen molar-refractivity contribution in [1.29, 1.82) is 0 Å². The average Bonchev–Trinajstić information content (AvgIpc) is 3.23. The number of thiophene rings is 1. The van der Waals surface area contributed by atoms with Crippen LogP contribution >= 0.6 is 11.3 Å². The van der Waals surface area contributed by atoms with Crippen LogP contribution in [0.3, 0.4) is 0 Å². The highest BCUT2D eigenvalue weighted by atomic mass is 32.2. The molecule has 25 heavy (non-hydrogen) atoms. The molecule has 6 nitrogen and oxygen atoms in total. The summed E-state index contributed by atoms with van der Waals surface area (Å²) in [4.78, 5) is 7.71. The predicted octanol–water partition coefficient (Wildman–Crippen LogP) is 2.21. The van der Waals surface area contributed by atoms with Crippen LogP contribution in [0, 0.1) is 6.92 Å². The van der Waals surface area contributed by atoms with Crippen LogP contribution in [0.1, 0.15) is 10.6 Å². The number of hydrogen-bond acceptors (Lipinski definition) is 5. The summed E-state index contributed by atoms with van der Waals surface area (Å²) in [6.07, 6.45) is 3.91. The van der Waals surface area contributed by atoms with Crippen LogP contribution in [-0.2, 0) is 16.6 Å². The summed E-state index contributed by atoms with van der Waals surface area (Å²) in [6, 6.07) is 9.52. The summed E-state index contributed by atoms with van der Waals surface area (Å²) in [7, 11) is -3.35. The monoisotopic (exact) mass is 376 g/mol. The highest BCUT2D eigenvalue weighted by Crippen LogP contribution is 2.25. The highest BCUT2D eigenvalue weighted by molar-refractivity contribution is 7.91. The number of fused-ring (bicyclic) bond motifs is 1. The molecule has 1 aliphatic heterocycles. The van der Waals surface area contributed by atoms with Crippen molar-refractivity contribution in [3.63, 3.8) is 0 Å². The first-order valence-electron chi connectivity index (χ1n) is 8.24. The fraction of sp³-hybridized carbons (Fsp3) is 0.353. The minimum Gasteiger partial charge on any atom is -0.303 e. The zero-order valence-corrected chi connectivity index (χ0v) is 15.6. The van der Waals surface area contributed by atoms with Gasteiger partial charge in [-0.25, -0.2) is 13.4 Å². The van der Waals surface area contributed by atoms with Crippen molar-refractivity contribution in [2.24, 2.45) is 0 Å². The first-order chi connectivity index (χ1) is 12.0. The van der Waals surface area contributed by atoms with Crippen molar-refractivity contribution in [3.05, 3.63) is 53.3 Å². The zero-order valence-electron chi connectivity index (χ0n) is 14.0. The molecule has 8 heteroatoms. The molecule has 0 aliphatic carbocycles. The normalized spacial score (nSPS) is 17.3. The van der Waals surface area contributed by atoms with Crippen LogP contribution < -0.4 is 0 Å². The van der Waals surface area contributed by atoms with Gasteiger partial charge < -0.3 is 4.40 Å². The van der Waals surface area contributed by atoms with Crippen LogP contribution in [0.15, 0.2) is 46.9 Å². The van der Waals surface area contributed by atoms with Gasteiger partial charge >= 0.3 is 0 Å². The van der Waals surface area contributed by atoms with Crippen molar-refractivity contribution in [1.82, 2.24) is 18.6 Å². The summed E-state index contributed by atoms with van der Waals surface area (Å²) in [5, 5.41) is 0. The largest absolute Gasteiger partial charge is 0.303 e. The first-order valence-corrected chi connectivity index (χ1v) is 10.5. The summed E-state index contributed by atoms with van der Waals surface area (Å²) >= 11 is 1.34. The lowest BCUT2D eigenvalue weighted by molar-refractivity contribution is 0.180. The number of rotatable bonds is 4. The lowest BCUT2D eigenvalue weighted by Crippen LogP contribution is -2.48. The second-order valence-corrected chi connectivity index (χ2v) is 9.68. The van der Waals surface area contributed by atoms with Crippen LogP contribution in [0.2, 0.25) is 0 Å². The van der Waals surface area contributed by atoms with E-state index in [9.17, 15) is 8.42 Å². The van der Waals surface area contributed by atoms with Gasteiger partial charge in [-0.15, -0.1) is 11.3 Å². The Morgan fingerprint density at radius 3 is 2.64 bits per heavy atom. The molecular formula is C17H20N4O2S2. The zero-order chi connectivity index (χ0) is 17.4. The van der Waals surface area contributed by atoms with E-state index in [1.165, 1.54) is 11.3 Å². The van der Waals surface area contributed by atoms with Gasteiger partial charge in [0.2, 0.25) is 0 Å². The number of pyridine rings is 1. The van der Waals surface area contributed by atoms with E-state index in [-0.39, 0.29) is 0 Å². The molecule has 3 aromatic heterocycles. The summed E-state index contributed by atoms with van der Waals surface area (Å²) < 4.78 is 29.5. The third-order valence-electron chi connectivity index (χ3n) is 4.52. The molecule has 0 aromatic carbocycles. The van der Waals surface area contributed by atoms with Crippen molar-refractivity contribution in [2.45, 2.75) is 17.7 Å². The van der Waals surface area contributed by atoms with E-state index in [4.69, 9.17) is 0 Å². The van der Waals surface area contributed by atoms with Gasteiger partial charge in [0.1, 0.15) is 9.86 Å². The average molecular weight is 377 g/mol. The summed E-state index contributed by atoms with van der Waals surface area (Å²) in [6.45, 7) is 5.20. The predicted molar refractivity (Wildman–Crippen MR) is 98.3 cm³/mol. The fourth-order valence-electron chi connectivity index (χ4n) is 3.14. The molecule has 3 aromatic rings. The van der Waals surface area contributed by atoms with Gasteiger partial charge in [0.25, 0.3) is 10.0 Å². The lowest BCUT2D eigenvalue weighted by Gasteiger charge is -2.33. The Labute approximate surface area is 151 Å². The van der Waals surface area contributed by atoms with Crippen LogP contribution in [0.25, 0.3) is 5.65 Å². The molecule has 0 N–H and O–H groups in total. The van der Waals surface area contributed by atoms with Crippen LogP contribution in [0.5, 0.6) is 0 Å². The third-order valence-corrected chi connectivity index (χ3v) is 7.89. The van der Waals surface area contributed by atoms with E-state index >= 15 is 0 Å². The standard InChI is InChI=1S/C17H20N4O2S2/c1-14-5-6-17(24-14)25(22,23)20-10-8-19(9-11-20)13-15-12-18-16-4-2-3-7-21(15)16/h2-7,12H,8-11,13H2,1H3. The van der Waals surface area contributed by atoms with Gasteiger partial charge in [-0.05, 0) is 31.2 Å². The molecule has 0 radical (unpaired) electrons. The molecule has 0 unspecified atom stereocenters. The van der Waals surface area contributed by atoms with E-state index in [0.717, 1.165) is 35.9 Å². The van der Waals surface area contributed by atoms with Crippen molar-refractivity contribution in [3.8, 4) is 0 Å². The number of imidazole rings is 1. The second kappa shape index (κ2) is 6.53. The van der Waals surface area contributed by atoms with Crippen molar-refractivity contribution < 1.29 is 8.42 Å². The summed E-state index contributed by atoms with van der Waals surface area (Å²) in [5.41, 5.74) is 2.06. The van der Waals surface area contributed by atoms with Crippen molar-refractivity contribution >= 4 is 27.0 Å². The maximum Gasteiger partial charge on any atom is 0.252 e. The number of aryl methyl sites for hydroxylation is 1. The number of sulfonamides is 1. The van der Waals surface area contributed by atoms with Crippen LogP contribution in [0.4, 0.5) is 0 Å².